The van der Waals surface area contributed by atoms with E-state index in [1.807, 2.05) is 19.1 Å². The van der Waals surface area contributed by atoms with E-state index in [1.54, 1.807) is 97.1 Å². The van der Waals surface area contributed by atoms with Crippen molar-refractivity contribution in [1.82, 2.24) is 5.43 Å². The predicted molar refractivity (Wildman–Crippen MR) is 155 cm³/mol. The SMILES string of the molecule is Cc1ccc(S(=O)(=O)Oc2ccc3ccccc3c2/C=N\NC(=O)C(O)(c2ccccc2)c2ccccc2)cc1. The fourth-order valence-electron chi connectivity index (χ4n) is 4.38. The van der Waals surface area contributed by atoms with Crippen molar-refractivity contribution >= 4 is 33.0 Å². The van der Waals surface area contributed by atoms with Crippen LogP contribution in [0.3, 0.4) is 0 Å². The highest BCUT2D eigenvalue weighted by atomic mass is 32.2. The Morgan fingerprint density at radius 1 is 0.800 bits per heavy atom. The van der Waals surface area contributed by atoms with Crippen LogP contribution in [0, 0.1) is 6.92 Å². The van der Waals surface area contributed by atoms with Gasteiger partial charge < -0.3 is 9.29 Å². The van der Waals surface area contributed by atoms with E-state index >= 15 is 0 Å². The van der Waals surface area contributed by atoms with Gasteiger partial charge in [-0.2, -0.15) is 13.5 Å². The molecule has 2 N–H and O–H groups in total. The van der Waals surface area contributed by atoms with Crippen molar-refractivity contribution in [2.75, 3.05) is 0 Å². The number of aryl methyl sites for hydroxylation is 1. The molecule has 0 aliphatic carbocycles. The molecule has 0 saturated carbocycles. The van der Waals surface area contributed by atoms with Crippen LogP contribution in [0.15, 0.2) is 131 Å². The Bertz CT molecular complexity index is 1750. The molecule has 0 fully saturated rings. The molecular formula is C32H26N2O5S. The minimum atomic E-state index is -4.15. The van der Waals surface area contributed by atoms with Gasteiger partial charge in [0.2, 0.25) is 0 Å². The van der Waals surface area contributed by atoms with Gasteiger partial charge >= 0.3 is 10.1 Å². The van der Waals surface area contributed by atoms with Crippen LogP contribution in [0.2, 0.25) is 0 Å². The third kappa shape index (κ3) is 5.36. The van der Waals surface area contributed by atoms with Gasteiger partial charge in [0.15, 0.2) is 11.4 Å². The number of carbonyl (C=O) groups is 1. The number of nitrogens with zero attached hydrogens (tertiary/aromatic N) is 1. The van der Waals surface area contributed by atoms with E-state index in [0.717, 1.165) is 10.9 Å². The molecule has 200 valence electrons. The van der Waals surface area contributed by atoms with E-state index in [2.05, 4.69) is 10.5 Å². The van der Waals surface area contributed by atoms with Crippen molar-refractivity contribution in [3.63, 3.8) is 0 Å². The molecule has 0 saturated heterocycles. The van der Waals surface area contributed by atoms with Crippen molar-refractivity contribution in [2.45, 2.75) is 17.4 Å². The normalized spacial score (nSPS) is 11.9. The molecule has 0 atom stereocenters. The number of carbonyl (C=O) groups excluding carboxylic acids is 1. The number of hydrogen-bond acceptors (Lipinski definition) is 6. The highest BCUT2D eigenvalue weighted by Gasteiger charge is 2.39. The molecule has 0 aromatic heterocycles. The Morgan fingerprint density at radius 3 is 2.00 bits per heavy atom. The summed E-state index contributed by atoms with van der Waals surface area (Å²) in [5.74, 6) is -0.741. The Balaban J connectivity index is 1.50. The van der Waals surface area contributed by atoms with Crippen LogP contribution >= 0.6 is 0 Å². The standard InChI is InChI=1S/C32H26N2O5S/c1-23-16-19-27(20-17-23)40(37,38)39-30-21-18-24-10-8-9-15-28(24)29(30)22-33-34-31(35)32(36,25-11-4-2-5-12-25)26-13-6-3-7-14-26/h2-22,36H,1H3,(H,34,35)/b33-22-. The van der Waals surface area contributed by atoms with Crippen LogP contribution in [-0.2, 0) is 20.5 Å². The van der Waals surface area contributed by atoms with Gasteiger partial charge in [0.05, 0.1) is 6.21 Å². The van der Waals surface area contributed by atoms with Gasteiger partial charge in [-0.1, -0.05) is 109 Å². The predicted octanol–water partition coefficient (Wildman–Crippen LogP) is 5.30. The maximum absolute atomic E-state index is 13.4. The molecule has 0 aliphatic heterocycles. The molecule has 40 heavy (non-hydrogen) atoms. The summed E-state index contributed by atoms with van der Waals surface area (Å²) in [6, 6.07) is 34.1. The number of aliphatic hydroxyl groups is 1. The minimum Gasteiger partial charge on any atom is -0.378 e. The molecule has 0 radical (unpaired) electrons. The zero-order valence-electron chi connectivity index (χ0n) is 21.6. The summed E-state index contributed by atoms with van der Waals surface area (Å²) in [5.41, 5.74) is 2.41. The first-order valence-electron chi connectivity index (χ1n) is 12.5. The van der Waals surface area contributed by atoms with Gasteiger partial charge in [-0.3, -0.25) is 4.79 Å². The maximum atomic E-state index is 13.4. The second-order valence-electron chi connectivity index (χ2n) is 9.19. The maximum Gasteiger partial charge on any atom is 0.339 e. The molecule has 7 nitrogen and oxygen atoms in total. The lowest BCUT2D eigenvalue weighted by Crippen LogP contribution is -2.43. The van der Waals surface area contributed by atoms with E-state index in [4.69, 9.17) is 4.18 Å². The molecule has 0 unspecified atom stereocenters. The molecule has 0 heterocycles. The average Bonchev–Trinajstić information content (AvgIpc) is 2.98. The first-order chi connectivity index (χ1) is 19.3. The summed E-state index contributed by atoms with van der Waals surface area (Å²) in [5, 5.41) is 17.3. The molecule has 0 aliphatic rings. The van der Waals surface area contributed by atoms with Crippen molar-refractivity contribution in [3.05, 3.63) is 144 Å². The fourth-order valence-corrected chi connectivity index (χ4v) is 5.32. The molecule has 0 spiro atoms. The summed E-state index contributed by atoms with van der Waals surface area (Å²) in [4.78, 5) is 13.5. The second-order valence-corrected chi connectivity index (χ2v) is 10.7. The fraction of sp³-hybridized carbons (Fsp3) is 0.0625. The lowest BCUT2D eigenvalue weighted by molar-refractivity contribution is -0.136. The monoisotopic (exact) mass is 550 g/mol. The topological polar surface area (TPSA) is 105 Å². The smallest absolute Gasteiger partial charge is 0.339 e. The molecule has 5 aromatic rings. The van der Waals surface area contributed by atoms with Crippen LogP contribution in [0.1, 0.15) is 22.3 Å². The van der Waals surface area contributed by atoms with Gasteiger partial charge in [-0.15, -0.1) is 0 Å². The second kappa shape index (κ2) is 11.1. The Morgan fingerprint density at radius 2 is 1.38 bits per heavy atom. The number of amides is 1. The van der Waals surface area contributed by atoms with Gasteiger partial charge in [-0.05, 0) is 47.0 Å². The van der Waals surface area contributed by atoms with Crippen LogP contribution in [0.4, 0.5) is 0 Å². The number of fused-ring (bicyclic) bond motifs is 1. The first kappa shape index (κ1) is 26.8. The van der Waals surface area contributed by atoms with Crippen LogP contribution in [0.25, 0.3) is 10.8 Å². The summed E-state index contributed by atoms with van der Waals surface area (Å²) >= 11 is 0. The lowest BCUT2D eigenvalue weighted by atomic mass is 9.85. The van der Waals surface area contributed by atoms with Crippen molar-refractivity contribution < 1.29 is 22.5 Å². The van der Waals surface area contributed by atoms with Crippen molar-refractivity contribution in [2.24, 2.45) is 5.10 Å². The third-order valence-corrected chi connectivity index (χ3v) is 7.76. The third-order valence-electron chi connectivity index (χ3n) is 6.51. The molecule has 5 aromatic carbocycles. The quantitative estimate of drug-likeness (QED) is 0.155. The Hall–Kier alpha value is -4.79. The molecule has 0 bridgehead atoms. The molecular weight excluding hydrogens is 524 g/mol. The van der Waals surface area contributed by atoms with Gasteiger partial charge in [0.1, 0.15) is 4.90 Å². The first-order valence-corrected chi connectivity index (χ1v) is 13.9. The van der Waals surface area contributed by atoms with E-state index in [0.29, 0.717) is 22.1 Å². The largest absolute Gasteiger partial charge is 0.378 e. The van der Waals surface area contributed by atoms with Crippen LogP contribution in [-0.4, -0.2) is 25.6 Å². The van der Waals surface area contributed by atoms with Gasteiger partial charge in [0, 0.05) is 5.56 Å². The number of nitrogens with one attached hydrogen (secondary N) is 1. The lowest BCUT2D eigenvalue weighted by Gasteiger charge is -2.27. The zero-order valence-corrected chi connectivity index (χ0v) is 22.4. The highest BCUT2D eigenvalue weighted by Crippen LogP contribution is 2.31. The van der Waals surface area contributed by atoms with E-state index in [-0.39, 0.29) is 10.6 Å². The number of hydrogen-bond donors (Lipinski definition) is 2. The molecule has 8 heteroatoms. The number of rotatable bonds is 8. The van der Waals surface area contributed by atoms with Crippen LogP contribution in [0.5, 0.6) is 5.75 Å². The van der Waals surface area contributed by atoms with E-state index in [9.17, 15) is 18.3 Å². The van der Waals surface area contributed by atoms with Crippen molar-refractivity contribution in [3.8, 4) is 5.75 Å². The van der Waals surface area contributed by atoms with E-state index in [1.165, 1.54) is 18.3 Å². The van der Waals surface area contributed by atoms with Gasteiger partial charge in [0.25, 0.3) is 5.91 Å². The van der Waals surface area contributed by atoms with Gasteiger partial charge in [-0.25, -0.2) is 5.43 Å². The Labute approximate surface area is 232 Å². The minimum absolute atomic E-state index is 0.0123. The summed E-state index contributed by atoms with van der Waals surface area (Å²) in [6.07, 6.45) is 1.32. The van der Waals surface area contributed by atoms with Crippen LogP contribution < -0.4 is 9.61 Å². The summed E-state index contributed by atoms with van der Waals surface area (Å²) in [7, 11) is -4.15. The zero-order chi connectivity index (χ0) is 28.2. The Kier molecular flexibility index (Phi) is 7.46. The molecule has 1 amide bonds. The van der Waals surface area contributed by atoms with E-state index < -0.39 is 21.6 Å². The van der Waals surface area contributed by atoms with Crippen molar-refractivity contribution in [1.29, 1.82) is 0 Å². The summed E-state index contributed by atoms with van der Waals surface area (Å²) < 4.78 is 31.7. The average molecular weight is 551 g/mol. The summed E-state index contributed by atoms with van der Waals surface area (Å²) in [6.45, 7) is 1.86. The highest BCUT2D eigenvalue weighted by molar-refractivity contribution is 7.87. The number of benzene rings is 5. The molecule has 5 rings (SSSR count). The number of hydrazone groups is 1.